The van der Waals surface area contributed by atoms with Gasteiger partial charge in [0, 0.05) is 25.7 Å². The number of alkyl halides is 6. The number of H-pyrrole nitrogens is 1. The van der Waals surface area contributed by atoms with Gasteiger partial charge in [-0.05, 0) is 6.92 Å². The monoisotopic (exact) mass is 446 g/mol. The van der Waals surface area contributed by atoms with Crippen molar-refractivity contribution in [3.8, 4) is 0 Å². The molecular weight excluding hydrogens is 430 g/mol. The normalized spacial score (nSPS) is 16.8. The summed E-state index contributed by atoms with van der Waals surface area (Å²) in [6.07, 6.45) is -6.93. The second kappa shape index (κ2) is 10.0. The second-order valence-corrected chi connectivity index (χ2v) is 5.65. The Hall–Kier alpha value is -3.17. The van der Waals surface area contributed by atoms with Crippen LogP contribution < -0.4 is 10.2 Å². The molecule has 0 amide bonds. The van der Waals surface area contributed by atoms with Crippen LogP contribution in [-0.2, 0) is 9.59 Å². The van der Waals surface area contributed by atoms with E-state index in [1.165, 1.54) is 0 Å². The molecule has 0 spiro atoms. The number of piperazine rings is 1. The third-order valence-electron chi connectivity index (χ3n) is 3.46. The van der Waals surface area contributed by atoms with Crippen LogP contribution in [0.5, 0.6) is 0 Å². The summed E-state index contributed by atoms with van der Waals surface area (Å²) < 4.78 is 63.5. The number of rotatable bonds is 1. The molecule has 10 nitrogen and oxygen atoms in total. The van der Waals surface area contributed by atoms with E-state index in [4.69, 9.17) is 19.8 Å². The number of nitrogens with zero attached hydrogens (tertiary/aromatic N) is 4. The molecule has 0 radical (unpaired) electrons. The second-order valence-electron chi connectivity index (χ2n) is 5.65. The van der Waals surface area contributed by atoms with Gasteiger partial charge in [0.2, 0.25) is 0 Å². The van der Waals surface area contributed by atoms with E-state index in [1.807, 2.05) is 0 Å². The lowest BCUT2D eigenvalue weighted by Crippen LogP contribution is -2.50. The maximum Gasteiger partial charge on any atom is 0.490 e. The molecule has 2 aromatic heterocycles. The van der Waals surface area contributed by atoms with Gasteiger partial charge in [0.1, 0.15) is 11.8 Å². The molecule has 1 fully saturated rings. The van der Waals surface area contributed by atoms with Crippen LogP contribution in [-0.4, -0.2) is 80.1 Å². The number of anilines is 1. The zero-order chi connectivity index (χ0) is 23.1. The van der Waals surface area contributed by atoms with Crippen molar-refractivity contribution in [2.75, 3.05) is 24.5 Å². The number of hydrogen-bond acceptors (Lipinski definition) is 7. The lowest BCUT2D eigenvalue weighted by atomic mass is 10.2. The summed E-state index contributed by atoms with van der Waals surface area (Å²) in [6.45, 7) is 5.13. The molecule has 0 aliphatic carbocycles. The molecule has 1 saturated heterocycles. The van der Waals surface area contributed by atoms with E-state index < -0.39 is 24.3 Å². The van der Waals surface area contributed by atoms with Crippen LogP contribution in [0.2, 0.25) is 0 Å². The van der Waals surface area contributed by atoms with Gasteiger partial charge in [0.15, 0.2) is 11.5 Å². The fraction of sp³-hybridized carbons (Fsp3) is 0.500. The highest BCUT2D eigenvalue weighted by atomic mass is 19.4. The minimum atomic E-state index is -5.08. The van der Waals surface area contributed by atoms with E-state index in [-0.39, 0.29) is 0 Å². The number of halogens is 6. The first kappa shape index (κ1) is 24.9. The maximum atomic E-state index is 10.6. The van der Waals surface area contributed by atoms with Crippen molar-refractivity contribution in [3.63, 3.8) is 0 Å². The van der Waals surface area contributed by atoms with Gasteiger partial charge in [0.25, 0.3) is 0 Å². The minimum Gasteiger partial charge on any atom is -0.475 e. The Labute approximate surface area is 163 Å². The lowest BCUT2D eigenvalue weighted by Gasteiger charge is -2.34. The highest BCUT2D eigenvalue weighted by Crippen LogP contribution is 2.22. The number of carboxylic acid groups (broad SMARTS) is 2. The first-order valence-electron chi connectivity index (χ1n) is 7.96. The van der Waals surface area contributed by atoms with E-state index in [9.17, 15) is 26.3 Å². The largest absolute Gasteiger partial charge is 0.490 e. The van der Waals surface area contributed by atoms with E-state index >= 15 is 0 Å². The van der Waals surface area contributed by atoms with Crippen molar-refractivity contribution in [3.05, 3.63) is 12.7 Å². The first-order valence-corrected chi connectivity index (χ1v) is 7.96. The van der Waals surface area contributed by atoms with Crippen molar-refractivity contribution in [1.82, 2.24) is 25.3 Å². The summed E-state index contributed by atoms with van der Waals surface area (Å²) >= 11 is 0. The molecule has 1 aliphatic rings. The SMILES string of the molecule is CC1CNCCN1c1ncnc2nc[nH]c12.O=C(O)C(F)(F)F.O=C(O)C(F)(F)F. The number of aliphatic carboxylic acids is 2. The quantitative estimate of drug-likeness (QED) is 0.478. The molecule has 1 aliphatic heterocycles. The van der Waals surface area contributed by atoms with E-state index in [0.717, 1.165) is 36.6 Å². The Bertz CT molecular complexity index is 831. The van der Waals surface area contributed by atoms with Gasteiger partial charge >= 0.3 is 24.3 Å². The molecule has 4 N–H and O–H groups in total. The van der Waals surface area contributed by atoms with Gasteiger partial charge in [-0.2, -0.15) is 26.3 Å². The maximum absolute atomic E-state index is 10.6. The number of fused-ring (bicyclic) bond motifs is 1. The molecule has 3 rings (SSSR count). The third-order valence-corrected chi connectivity index (χ3v) is 3.46. The van der Waals surface area contributed by atoms with Crippen LogP contribution in [0.3, 0.4) is 0 Å². The number of carbonyl (C=O) groups is 2. The van der Waals surface area contributed by atoms with Gasteiger partial charge in [0.05, 0.1) is 6.33 Å². The van der Waals surface area contributed by atoms with E-state index in [2.05, 4.69) is 37.1 Å². The molecular formula is C14H16F6N6O4. The van der Waals surface area contributed by atoms with Gasteiger partial charge in [-0.3, -0.25) is 0 Å². The van der Waals surface area contributed by atoms with Crippen molar-refractivity contribution in [2.24, 2.45) is 0 Å². The van der Waals surface area contributed by atoms with Crippen LogP contribution in [0.4, 0.5) is 32.2 Å². The summed E-state index contributed by atoms with van der Waals surface area (Å²) in [4.78, 5) is 35.8. The van der Waals surface area contributed by atoms with Gasteiger partial charge in [-0.1, -0.05) is 0 Å². The third kappa shape index (κ3) is 7.34. The minimum absolute atomic E-state index is 0.440. The van der Waals surface area contributed by atoms with Crippen molar-refractivity contribution >= 4 is 28.9 Å². The molecule has 1 unspecified atom stereocenters. The average Bonchev–Trinajstić information content (AvgIpc) is 3.10. The molecule has 2 aromatic rings. The Morgan fingerprint density at radius 2 is 1.60 bits per heavy atom. The van der Waals surface area contributed by atoms with E-state index in [0.29, 0.717) is 6.04 Å². The van der Waals surface area contributed by atoms with Gasteiger partial charge < -0.3 is 25.4 Å². The Balaban J connectivity index is 0.000000271. The molecule has 3 heterocycles. The zero-order valence-electron chi connectivity index (χ0n) is 15.1. The highest BCUT2D eigenvalue weighted by molar-refractivity contribution is 5.82. The molecule has 30 heavy (non-hydrogen) atoms. The van der Waals surface area contributed by atoms with Gasteiger partial charge in [-0.25, -0.2) is 24.5 Å². The standard InChI is InChI=1S/C10H14N6.2C2HF3O2/c1-7-4-11-2-3-16(7)10-8-9(13-5-12-8)14-6-15-10;2*3-2(4,5)1(6)7/h5-7,11H,2-4H2,1H3,(H,12,13,14,15);2*(H,6,7). The first-order chi connectivity index (χ1) is 13.7. The summed E-state index contributed by atoms with van der Waals surface area (Å²) in [6, 6.07) is 0.440. The number of imidazole rings is 1. The highest BCUT2D eigenvalue weighted by Gasteiger charge is 2.38. The Morgan fingerprint density at radius 3 is 2.07 bits per heavy atom. The summed E-state index contributed by atoms with van der Waals surface area (Å²) in [7, 11) is 0. The van der Waals surface area contributed by atoms with Crippen LogP contribution in [0.15, 0.2) is 12.7 Å². The van der Waals surface area contributed by atoms with E-state index in [1.54, 1.807) is 12.7 Å². The molecule has 16 heteroatoms. The summed E-state index contributed by atoms with van der Waals surface area (Å²) in [5.74, 6) is -4.56. The summed E-state index contributed by atoms with van der Waals surface area (Å²) in [5, 5.41) is 17.6. The van der Waals surface area contributed by atoms with Crippen molar-refractivity contribution < 1.29 is 46.1 Å². The number of aromatic amines is 1. The van der Waals surface area contributed by atoms with Crippen LogP contribution in [0.1, 0.15) is 6.92 Å². The van der Waals surface area contributed by atoms with Crippen molar-refractivity contribution in [2.45, 2.75) is 25.3 Å². The number of aromatic nitrogens is 4. The van der Waals surface area contributed by atoms with Crippen molar-refractivity contribution in [1.29, 1.82) is 0 Å². The average molecular weight is 446 g/mol. The zero-order valence-corrected chi connectivity index (χ0v) is 15.1. The molecule has 0 saturated carbocycles. The smallest absolute Gasteiger partial charge is 0.475 e. The predicted molar refractivity (Wildman–Crippen MR) is 88.7 cm³/mol. The van der Waals surface area contributed by atoms with Crippen LogP contribution in [0, 0.1) is 0 Å². The Kier molecular flexibility index (Phi) is 8.32. The van der Waals surface area contributed by atoms with Gasteiger partial charge in [-0.15, -0.1) is 0 Å². The number of nitrogens with one attached hydrogen (secondary N) is 2. The van der Waals surface area contributed by atoms with Crippen LogP contribution >= 0.6 is 0 Å². The predicted octanol–water partition coefficient (Wildman–Crippen LogP) is 1.42. The number of hydrogen-bond donors (Lipinski definition) is 4. The molecule has 1 atom stereocenters. The topological polar surface area (TPSA) is 144 Å². The fourth-order valence-corrected chi connectivity index (χ4v) is 2.13. The summed E-state index contributed by atoms with van der Waals surface area (Å²) in [5.41, 5.74) is 1.66. The Morgan fingerprint density at radius 1 is 1.07 bits per heavy atom. The molecule has 0 aromatic carbocycles. The lowest BCUT2D eigenvalue weighted by molar-refractivity contribution is -0.193. The molecule has 168 valence electrons. The fourth-order valence-electron chi connectivity index (χ4n) is 2.13. The molecule has 0 bridgehead atoms. The number of carboxylic acids is 2. The van der Waals surface area contributed by atoms with Crippen LogP contribution in [0.25, 0.3) is 11.2 Å².